The summed E-state index contributed by atoms with van der Waals surface area (Å²) in [6.07, 6.45) is 8.15. The van der Waals surface area contributed by atoms with Gasteiger partial charge in [0, 0.05) is 11.6 Å². The fourth-order valence-corrected chi connectivity index (χ4v) is 3.95. The third-order valence-electron chi connectivity index (χ3n) is 6.38. The summed E-state index contributed by atoms with van der Waals surface area (Å²) in [5.41, 5.74) is 4.47. The first-order valence-corrected chi connectivity index (χ1v) is 13.8. The van der Waals surface area contributed by atoms with Crippen molar-refractivity contribution in [1.82, 2.24) is 0 Å². The number of esters is 2. The highest BCUT2D eigenvalue weighted by atomic mass is 16.5. The van der Waals surface area contributed by atoms with Crippen molar-refractivity contribution in [3.63, 3.8) is 0 Å². The Kier molecular flexibility index (Phi) is 12.5. The molecule has 0 fully saturated rings. The minimum Gasteiger partial charge on any atom is -0.493 e. The van der Waals surface area contributed by atoms with Crippen LogP contribution in [0, 0.1) is 6.92 Å². The monoisotopic (exact) mass is 568 g/mol. The van der Waals surface area contributed by atoms with Crippen molar-refractivity contribution in [2.45, 2.75) is 32.6 Å². The van der Waals surface area contributed by atoms with Gasteiger partial charge in [-0.1, -0.05) is 49.6 Å². The predicted molar refractivity (Wildman–Crippen MR) is 163 cm³/mol. The van der Waals surface area contributed by atoms with Crippen LogP contribution in [0.4, 0.5) is 0 Å². The first-order valence-electron chi connectivity index (χ1n) is 13.8. The Balaban J connectivity index is 1.47. The highest BCUT2D eigenvalue weighted by Crippen LogP contribution is 2.27. The number of hydrogen-bond donors (Lipinski definition) is 1. The lowest BCUT2D eigenvalue weighted by molar-refractivity contribution is -0.137. The van der Waals surface area contributed by atoms with Gasteiger partial charge in [-0.05, 0) is 97.3 Å². The molecule has 7 heteroatoms. The summed E-state index contributed by atoms with van der Waals surface area (Å²) in [6, 6.07) is 20.2. The van der Waals surface area contributed by atoms with Crippen LogP contribution in [0.15, 0.2) is 97.6 Å². The molecule has 0 bridgehead atoms. The predicted octanol–water partition coefficient (Wildman–Crippen LogP) is 6.68. The molecular formula is C35H36O7. The highest BCUT2D eigenvalue weighted by molar-refractivity contribution is 6.07. The number of carbonyl (C=O) groups is 3. The second-order valence-electron chi connectivity index (χ2n) is 9.61. The number of ether oxygens (including phenoxy) is 3. The number of benzene rings is 3. The number of aliphatic hydroxyl groups excluding tert-OH is 1. The van der Waals surface area contributed by atoms with Gasteiger partial charge in [0.1, 0.15) is 11.5 Å². The Labute approximate surface area is 246 Å². The van der Waals surface area contributed by atoms with Crippen molar-refractivity contribution < 1.29 is 33.7 Å². The molecule has 218 valence electrons. The molecule has 0 spiro atoms. The zero-order valence-electron chi connectivity index (χ0n) is 23.8. The Hall–Kier alpha value is -4.75. The summed E-state index contributed by atoms with van der Waals surface area (Å²) >= 11 is 0. The van der Waals surface area contributed by atoms with Gasteiger partial charge in [0.05, 0.1) is 25.4 Å². The minimum absolute atomic E-state index is 0.0492. The van der Waals surface area contributed by atoms with Crippen LogP contribution in [0.25, 0.3) is 17.2 Å². The number of aliphatic hydroxyl groups is 1. The molecule has 3 aromatic rings. The first-order chi connectivity index (χ1) is 20.3. The molecular weight excluding hydrogens is 532 g/mol. The van der Waals surface area contributed by atoms with E-state index in [4.69, 9.17) is 19.3 Å². The Bertz CT molecular complexity index is 1420. The molecule has 0 unspecified atom stereocenters. The summed E-state index contributed by atoms with van der Waals surface area (Å²) in [5, 5.41) is 8.95. The number of aryl methyl sites for hydroxylation is 1. The van der Waals surface area contributed by atoms with Gasteiger partial charge in [-0.25, -0.2) is 9.59 Å². The quantitative estimate of drug-likeness (QED) is 0.0676. The van der Waals surface area contributed by atoms with E-state index in [0.717, 1.165) is 53.7 Å². The van der Waals surface area contributed by atoms with Gasteiger partial charge in [-0.3, -0.25) is 4.79 Å². The van der Waals surface area contributed by atoms with E-state index in [9.17, 15) is 14.4 Å². The maximum atomic E-state index is 12.6. The van der Waals surface area contributed by atoms with E-state index >= 15 is 0 Å². The maximum absolute atomic E-state index is 12.6. The number of rotatable bonds is 16. The third kappa shape index (κ3) is 10.0. The Morgan fingerprint density at radius 3 is 2.17 bits per heavy atom. The van der Waals surface area contributed by atoms with Crippen LogP contribution in [0.3, 0.4) is 0 Å². The van der Waals surface area contributed by atoms with Crippen molar-refractivity contribution in [3.05, 3.63) is 114 Å². The highest BCUT2D eigenvalue weighted by Gasteiger charge is 2.10. The molecule has 3 aromatic carbocycles. The lowest BCUT2D eigenvalue weighted by atomic mass is 10.0. The second-order valence-corrected chi connectivity index (χ2v) is 9.61. The SMILES string of the molecule is C=CC(=O)OCCCCCCOc1ccc(-c2ccc(/C=C/C(=O)c3ccc(OC(=O)C(=C)CO)cc3)cc2)cc1C. The Morgan fingerprint density at radius 1 is 0.857 bits per heavy atom. The summed E-state index contributed by atoms with van der Waals surface area (Å²) in [4.78, 5) is 35.3. The van der Waals surface area contributed by atoms with E-state index in [-0.39, 0.29) is 23.1 Å². The normalized spacial score (nSPS) is 10.7. The Morgan fingerprint density at radius 2 is 1.52 bits per heavy atom. The largest absolute Gasteiger partial charge is 0.493 e. The molecule has 0 aliphatic heterocycles. The average Bonchev–Trinajstić information content (AvgIpc) is 3.01. The van der Waals surface area contributed by atoms with Gasteiger partial charge in [0.2, 0.25) is 0 Å². The van der Waals surface area contributed by atoms with Gasteiger partial charge in [0.15, 0.2) is 5.78 Å². The minimum atomic E-state index is -0.718. The van der Waals surface area contributed by atoms with Gasteiger partial charge in [0.25, 0.3) is 0 Å². The molecule has 1 N–H and O–H groups in total. The molecule has 3 rings (SSSR count). The molecule has 0 aliphatic rings. The number of allylic oxidation sites excluding steroid dienone is 1. The van der Waals surface area contributed by atoms with E-state index in [1.54, 1.807) is 18.2 Å². The maximum Gasteiger partial charge on any atom is 0.341 e. The molecule has 0 aromatic heterocycles. The van der Waals surface area contributed by atoms with Crippen molar-refractivity contribution in [2.75, 3.05) is 19.8 Å². The standard InChI is InChI=1S/C35H36O7/c1-4-34(38)41-22-8-6-5-7-21-40-33-20-16-30(23-25(33)2)28-12-9-27(10-13-28)11-19-32(37)29-14-17-31(18-15-29)42-35(39)26(3)24-36/h4,9-20,23,36H,1,3,5-8,21-22,24H2,2H3/b19-11+. The molecule has 0 saturated heterocycles. The molecule has 0 aliphatic carbocycles. The number of hydrogen-bond acceptors (Lipinski definition) is 7. The van der Waals surface area contributed by atoms with Crippen LogP contribution < -0.4 is 9.47 Å². The van der Waals surface area contributed by atoms with E-state index in [0.29, 0.717) is 18.8 Å². The van der Waals surface area contributed by atoms with E-state index in [2.05, 4.69) is 19.2 Å². The topological polar surface area (TPSA) is 99.1 Å². The zero-order valence-corrected chi connectivity index (χ0v) is 23.8. The lowest BCUT2D eigenvalue weighted by Crippen LogP contribution is -2.12. The van der Waals surface area contributed by atoms with Gasteiger partial charge in [-0.15, -0.1) is 0 Å². The van der Waals surface area contributed by atoms with Gasteiger partial charge < -0.3 is 19.3 Å². The van der Waals surface area contributed by atoms with Crippen molar-refractivity contribution in [2.24, 2.45) is 0 Å². The lowest BCUT2D eigenvalue weighted by Gasteiger charge is -2.11. The molecule has 0 saturated carbocycles. The zero-order chi connectivity index (χ0) is 30.3. The van der Waals surface area contributed by atoms with Crippen LogP contribution in [-0.2, 0) is 14.3 Å². The van der Waals surface area contributed by atoms with Crippen LogP contribution in [0.1, 0.15) is 47.2 Å². The van der Waals surface area contributed by atoms with E-state index in [1.807, 2.05) is 43.3 Å². The van der Waals surface area contributed by atoms with Gasteiger partial charge in [-0.2, -0.15) is 0 Å². The molecule has 0 amide bonds. The van der Waals surface area contributed by atoms with E-state index < -0.39 is 12.6 Å². The summed E-state index contributed by atoms with van der Waals surface area (Å²) in [7, 11) is 0. The van der Waals surface area contributed by atoms with Crippen LogP contribution >= 0.6 is 0 Å². The number of unbranched alkanes of at least 4 members (excludes halogenated alkanes) is 3. The fraction of sp³-hybridized carbons (Fsp3) is 0.229. The smallest absolute Gasteiger partial charge is 0.341 e. The van der Waals surface area contributed by atoms with Crippen molar-refractivity contribution >= 4 is 23.8 Å². The number of carbonyl (C=O) groups excluding carboxylic acids is 3. The van der Waals surface area contributed by atoms with Crippen molar-refractivity contribution in [1.29, 1.82) is 0 Å². The summed E-state index contributed by atoms with van der Waals surface area (Å²) in [6.45, 7) is 9.39. The number of ketones is 1. The first kappa shape index (κ1) is 31.8. The molecule has 42 heavy (non-hydrogen) atoms. The van der Waals surface area contributed by atoms with E-state index in [1.165, 1.54) is 24.3 Å². The van der Waals surface area contributed by atoms with Crippen LogP contribution in [0.2, 0.25) is 0 Å². The average molecular weight is 569 g/mol. The van der Waals surface area contributed by atoms with Crippen LogP contribution in [0.5, 0.6) is 11.5 Å². The third-order valence-corrected chi connectivity index (χ3v) is 6.38. The molecule has 0 radical (unpaired) electrons. The van der Waals surface area contributed by atoms with Gasteiger partial charge >= 0.3 is 11.9 Å². The van der Waals surface area contributed by atoms with Crippen LogP contribution in [-0.4, -0.2) is 42.6 Å². The second kappa shape index (κ2) is 16.5. The molecule has 0 heterocycles. The molecule has 7 nitrogen and oxygen atoms in total. The summed E-state index contributed by atoms with van der Waals surface area (Å²) < 4.78 is 16.0. The fourth-order valence-electron chi connectivity index (χ4n) is 3.95. The summed E-state index contributed by atoms with van der Waals surface area (Å²) in [5.74, 6) is -0.161. The molecule has 0 atom stereocenters. The van der Waals surface area contributed by atoms with Crippen molar-refractivity contribution in [3.8, 4) is 22.6 Å².